The van der Waals surface area contributed by atoms with E-state index in [0.29, 0.717) is 18.1 Å². The SMILES string of the molecule is CCOC(=O)/N=C/c1ccc(C=Nc2c(C)cc(C)cc2C)o1. The van der Waals surface area contributed by atoms with Gasteiger partial charge in [-0.15, -0.1) is 0 Å². The van der Waals surface area contributed by atoms with Gasteiger partial charge in [-0.2, -0.15) is 4.99 Å². The molecule has 1 aromatic carbocycles. The van der Waals surface area contributed by atoms with Gasteiger partial charge in [0.25, 0.3) is 0 Å². The van der Waals surface area contributed by atoms with Gasteiger partial charge in [-0.25, -0.2) is 4.79 Å². The molecule has 0 radical (unpaired) electrons. The Bertz CT molecular complexity index is 734. The van der Waals surface area contributed by atoms with Crippen LogP contribution in [0.3, 0.4) is 0 Å². The van der Waals surface area contributed by atoms with Gasteiger partial charge in [0.05, 0.1) is 24.7 Å². The number of benzene rings is 1. The summed E-state index contributed by atoms with van der Waals surface area (Å²) in [5.74, 6) is 1.06. The molecule has 2 rings (SSSR count). The van der Waals surface area contributed by atoms with Crippen molar-refractivity contribution in [1.82, 2.24) is 0 Å². The van der Waals surface area contributed by atoms with Crippen molar-refractivity contribution >= 4 is 24.2 Å². The lowest BCUT2D eigenvalue weighted by molar-refractivity contribution is 0.163. The van der Waals surface area contributed by atoms with Gasteiger partial charge >= 0.3 is 6.09 Å². The minimum Gasteiger partial charge on any atom is -0.454 e. The Kier molecular flexibility index (Phi) is 5.46. The van der Waals surface area contributed by atoms with Crippen LogP contribution in [0.1, 0.15) is 35.1 Å². The third-order valence-electron chi connectivity index (χ3n) is 3.17. The summed E-state index contributed by atoms with van der Waals surface area (Å²) < 4.78 is 10.2. The predicted octanol–water partition coefficient (Wildman–Crippen LogP) is 4.53. The van der Waals surface area contributed by atoms with Gasteiger partial charge in [0, 0.05) is 0 Å². The maximum Gasteiger partial charge on any atom is 0.433 e. The van der Waals surface area contributed by atoms with Crippen molar-refractivity contribution < 1.29 is 13.9 Å². The molecule has 5 heteroatoms. The summed E-state index contributed by atoms with van der Waals surface area (Å²) >= 11 is 0. The Balaban J connectivity index is 2.12. The second-order valence-corrected chi connectivity index (χ2v) is 5.20. The Morgan fingerprint density at radius 3 is 2.35 bits per heavy atom. The quantitative estimate of drug-likeness (QED) is 0.779. The molecule has 0 unspecified atom stereocenters. The number of carbonyl (C=O) groups is 1. The van der Waals surface area contributed by atoms with Crippen LogP contribution in [0, 0.1) is 20.8 Å². The molecule has 1 amide bonds. The molecule has 0 aliphatic carbocycles. The van der Waals surface area contributed by atoms with E-state index in [1.807, 2.05) is 13.8 Å². The molecule has 1 aromatic heterocycles. The number of aliphatic imine (C=N–C) groups is 2. The summed E-state index contributed by atoms with van der Waals surface area (Å²) in [7, 11) is 0. The molecule has 5 nitrogen and oxygen atoms in total. The van der Waals surface area contributed by atoms with Crippen molar-refractivity contribution in [3.05, 3.63) is 52.5 Å². The highest BCUT2D eigenvalue weighted by atomic mass is 16.5. The number of hydrogen-bond donors (Lipinski definition) is 0. The smallest absolute Gasteiger partial charge is 0.433 e. The van der Waals surface area contributed by atoms with Crippen LogP contribution in [0.4, 0.5) is 10.5 Å². The summed E-state index contributed by atoms with van der Waals surface area (Å²) in [5.41, 5.74) is 4.40. The molecule has 0 saturated heterocycles. The Morgan fingerprint density at radius 2 is 1.74 bits per heavy atom. The second kappa shape index (κ2) is 7.54. The van der Waals surface area contributed by atoms with E-state index in [9.17, 15) is 4.79 Å². The van der Waals surface area contributed by atoms with Crippen LogP contribution >= 0.6 is 0 Å². The zero-order valence-corrected chi connectivity index (χ0v) is 13.8. The summed E-state index contributed by atoms with van der Waals surface area (Å²) in [5, 5.41) is 0. The average molecular weight is 312 g/mol. The molecule has 0 bridgehead atoms. The zero-order valence-electron chi connectivity index (χ0n) is 13.8. The standard InChI is InChI=1S/C18H20N2O3/c1-5-22-18(21)20-11-16-7-6-15(23-16)10-19-17-13(3)8-12(2)9-14(17)4/h6-11H,5H2,1-4H3/b19-10?,20-11+. The normalized spacial score (nSPS) is 11.5. The van der Waals surface area contributed by atoms with Gasteiger partial charge in [0.15, 0.2) is 0 Å². The van der Waals surface area contributed by atoms with Gasteiger partial charge in [-0.1, -0.05) is 17.7 Å². The summed E-state index contributed by atoms with van der Waals surface area (Å²) in [6.07, 6.45) is 2.36. The van der Waals surface area contributed by atoms with Crippen LogP contribution in [-0.2, 0) is 4.74 Å². The highest BCUT2D eigenvalue weighted by molar-refractivity contribution is 5.88. The lowest BCUT2D eigenvalue weighted by Gasteiger charge is -2.05. The zero-order chi connectivity index (χ0) is 16.8. The van der Waals surface area contributed by atoms with E-state index in [2.05, 4.69) is 29.0 Å². The molecule has 1 heterocycles. The average Bonchev–Trinajstić information content (AvgIpc) is 2.92. The third-order valence-corrected chi connectivity index (χ3v) is 3.17. The highest BCUT2D eigenvalue weighted by Crippen LogP contribution is 2.24. The van der Waals surface area contributed by atoms with E-state index < -0.39 is 6.09 Å². The number of nitrogens with zero attached hydrogens (tertiary/aromatic N) is 2. The number of ether oxygens (including phenoxy) is 1. The molecule has 2 aromatic rings. The topological polar surface area (TPSA) is 64.2 Å². The molecule has 0 N–H and O–H groups in total. The van der Waals surface area contributed by atoms with E-state index in [-0.39, 0.29) is 0 Å². The van der Waals surface area contributed by atoms with Crippen molar-refractivity contribution in [2.24, 2.45) is 9.98 Å². The first-order valence-corrected chi connectivity index (χ1v) is 7.42. The summed E-state index contributed by atoms with van der Waals surface area (Å²) in [6.45, 7) is 8.15. The Labute approximate surface area is 135 Å². The van der Waals surface area contributed by atoms with Crippen molar-refractivity contribution in [1.29, 1.82) is 0 Å². The van der Waals surface area contributed by atoms with E-state index in [1.54, 1.807) is 25.3 Å². The first-order chi connectivity index (χ1) is 11.0. The van der Waals surface area contributed by atoms with Gasteiger partial charge in [0.2, 0.25) is 0 Å². The molecule has 0 fully saturated rings. The highest BCUT2D eigenvalue weighted by Gasteiger charge is 2.03. The molecule has 0 spiro atoms. The van der Waals surface area contributed by atoms with Crippen molar-refractivity contribution in [3.63, 3.8) is 0 Å². The Hall–Kier alpha value is -2.69. The number of hydrogen-bond acceptors (Lipinski definition) is 4. The Morgan fingerprint density at radius 1 is 1.13 bits per heavy atom. The van der Waals surface area contributed by atoms with E-state index in [0.717, 1.165) is 16.8 Å². The number of aryl methyl sites for hydroxylation is 3. The van der Waals surface area contributed by atoms with Crippen molar-refractivity contribution in [2.45, 2.75) is 27.7 Å². The lowest BCUT2D eigenvalue weighted by Crippen LogP contribution is -1.97. The molecular formula is C18H20N2O3. The predicted molar refractivity (Wildman–Crippen MR) is 91.2 cm³/mol. The first kappa shape index (κ1) is 16.7. The minimum absolute atomic E-state index is 0.293. The van der Waals surface area contributed by atoms with E-state index in [1.165, 1.54) is 11.8 Å². The van der Waals surface area contributed by atoms with Gasteiger partial charge < -0.3 is 9.15 Å². The second-order valence-electron chi connectivity index (χ2n) is 5.20. The molecule has 0 atom stereocenters. The van der Waals surface area contributed by atoms with Crippen LogP contribution in [0.5, 0.6) is 0 Å². The van der Waals surface area contributed by atoms with Crippen molar-refractivity contribution in [2.75, 3.05) is 6.61 Å². The van der Waals surface area contributed by atoms with Gasteiger partial charge in [0.1, 0.15) is 11.5 Å². The summed E-state index contributed by atoms with van der Waals surface area (Å²) in [6, 6.07) is 7.69. The van der Waals surface area contributed by atoms with Crippen LogP contribution in [0.2, 0.25) is 0 Å². The monoisotopic (exact) mass is 312 g/mol. The lowest BCUT2D eigenvalue weighted by atomic mass is 10.1. The maximum atomic E-state index is 11.1. The third kappa shape index (κ3) is 4.64. The maximum absolute atomic E-state index is 11.1. The molecule has 0 saturated carbocycles. The summed E-state index contributed by atoms with van der Waals surface area (Å²) in [4.78, 5) is 19.3. The molecule has 0 aliphatic rings. The fourth-order valence-corrected chi connectivity index (χ4v) is 2.29. The van der Waals surface area contributed by atoms with Gasteiger partial charge in [-0.05, 0) is 51.0 Å². The van der Waals surface area contributed by atoms with Crippen LogP contribution in [0.15, 0.2) is 38.7 Å². The number of furan rings is 1. The minimum atomic E-state index is -0.634. The van der Waals surface area contributed by atoms with Crippen LogP contribution in [-0.4, -0.2) is 25.1 Å². The van der Waals surface area contributed by atoms with Crippen LogP contribution in [0.25, 0.3) is 0 Å². The van der Waals surface area contributed by atoms with Crippen LogP contribution < -0.4 is 0 Å². The molecular weight excluding hydrogens is 292 g/mol. The number of carbonyl (C=O) groups excluding carboxylic acids is 1. The number of rotatable bonds is 4. The largest absolute Gasteiger partial charge is 0.454 e. The van der Waals surface area contributed by atoms with E-state index in [4.69, 9.17) is 9.15 Å². The molecule has 120 valence electrons. The van der Waals surface area contributed by atoms with Gasteiger partial charge in [-0.3, -0.25) is 4.99 Å². The molecule has 23 heavy (non-hydrogen) atoms. The van der Waals surface area contributed by atoms with Crippen molar-refractivity contribution in [3.8, 4) is 0 Å². The fraction of sp³-hybridized carbons (Fsp3) is 0.278. The fourth-order valence-electron chi connectivity index (χ4n) is 2.29. The molecule has 0 aliphatic heterocycles. The first-order valence-electron chi connectivity index (χ1n) is 7.42. The van der Waals surface area contributed by atoms with E-state index >= 15 is 0 Å². The number of amides is 1.